The van der Waals surface area contributed by atoms with Crippen molar-refractivity contribution in [3.05, 3.63) is 112 Å². The third-order valence-electron chi connectivity index (χ3n) is 5.86. The average Bonchev–Trinajstić information content (AvgIpc) is 2.81. The summed E-state index contributed by atoms with van der Waals surface area (Å²) in [4.78, 5) is 0. The van der Waals surface area contributed by atoms with Crippen molar-refractivity contribution in [1.29, 1.82) is 0 Å². The van der Waals surface area contributed by atoms with Crippen molar-refractivity contribution in [1.82, 2.24) is 0 Å². The number of rotatable bonds is 6. The van der Waals surface area contributed by atoms with E-state index in [0.29, 0.717) is 23.8 Å². The highest BCUT2D eigenvalue weighted by Crippen LogP contribution is 2.37. The molecule has 4 aromatic carbocycles. The van der Waals surface area contributed by atoms with Crippen LogP contribution in [-0.2, 0) is 19.0 Å². The number of benzene rings is 4. The first-order valence-corrected chi connectivity index (χ1v) is 11.5. The highest BCUT2D eigenvalue weighted by Gasteiger charge is 2.41. The first-order valence-electron chi connectivity index (χ1n) is 11.5. The Hall–Kier alpha value is -4.20. The predicted octanol–water partition coefficient (Wildman–Crippen LogP) is 8.67. The highest BCUT2D eigenvalue weighted by atomic mass is 19.4. The summed E-state index contributed by atoms with van der Waals surface area (Å²) < 4.78 is 143. The Balaban J connectivity index is 1.59. The Morgan fingerprint density at radius 1 is 0.725 bits per heavy atom. The van der Waals surface area contributed by atoms with Crippen LogP contribution in [0.5, 0.6) is 5.75 Å². The van der Waals surface area contributed by atoms with Gasteiger partial charge in [-0.2, -0.15) is 22.0 Å². The zero-order chi connectivity index (χ0) is 29.4. The molecule has 0 radical (unpaired) electrons. The molecule has 4 rings (SSSR count). The lowest BCUT2D eigenvalue weighted by molar-refractivity contribution is -0.189. The molecule has 4 aromatic rings. The summed E-state index contributed by atoms with van der Waals surface area (Å²) in [7, 11) is 0. The molecule has 0 fully saturated rings. The van der Waals surface area contributed by atoms with Crippen LogP contribution in [0.3, 0.4) is 0 Å². The summed E-state index contributed by atoms with van der Waals surface area (Å²) in [5, 5.41) is -0.851. The fraction of sp³-hybridized carbons (Fsp3) is 0.172. The zero-order valence-electron chi connectivity index (χ0n) is 20.3. The van der Waals surface area contributed by atoms with Gasteiger partial charge in [-0.25, -0.2) is 22.0 Å². The van der Waals surface area contributed by atoms with Crippen molar-refractivity contribution in [2.45, 2.75) is 32.1 Å². The molecule has 11 heteroatoms. The normalized spacial score (nSPS) is 11.9. The van der Waals surface area contributed by atoms with Crippen molar-refractivity contribution in [2.24, 2.45) is 0 Å². The number of alkyl halides is 5. The van der Waals surface area contributed by atoms with E-state index in [0.717, 1.165) is 24.1 Å². The third kappa shape index (κ3) is 6.33. The molecule has 0 N–H and O–H groups in total. The minimum atomic E-state index is -5.01. The van der Waals surface area contributed by atoms with Gasteiger partial charge in [0.25, 0.3) is 0 Å². The number of aryl methyl sites for hydroxylation is 3. The summed E-state index contributed by atoms with van der Waals surface area (Å²) >= 11 is 0. The Labute approximate surface area is 221 Å². The minimum Gasteiger partial charge on any atom is -0.429 e. The van der Waals surface area contributed by atoms with E-state index in [9.17, 15) is 43.9 Å². The molecule has 0 aromatic heterocycles. The molecule has 40 heavy (non-hydrogen) atoms. The second-order valence-corrected chi connectivity index (χ2v) is 8.83. The maximum atomic E-state index is 14.8. The summed E-state index contributed by atoms with van der Waals surface area (Å²) in [6, 6.07) is 8.61. The van der Waals surface area contributed by atoms with Crippen molar-refractivity contribution < 1.29 is 48.6 Å². The van der Waals surface area contributed by atoms with E-state index in [1.807, 2.05) is 0 Å². The van der Waals surface area contributed by atoms with Crippen LogP contribution >= 0.6 is 0 Å². The Morgan fingerprint density at radius 2 is 1.40 bits per heavy atom. The molecule has 0 aliphatic heterocycles. The van der Waals surface area contributed by atoms with E-state index in [4.69, 9.17) is 0 Å². The predicted molar refractivity (Wildman–Crippen MR) is 126 cm³/mol. The number of hydrogen-bond acceptors (Lipinski definition) is 1. The maximum absolute atomic E-state index is 14.8. The molecule has 0 unspecified atom stereocenters. The molecule has 208 valence electrons. The Morgan fingerprint density at radius 3 is 2.02 bits per heavy atom. The first kappa shape index (κ1) is 28.8. The van der Waals surface area contributed by atoms with Crippen LogP contribution in [0.4, 0.5) is 43.9 Å². The molecule has 0 heterocycles. The fourth-order valence-corrected chi connectivity index (χ4v) is 4.00. The van der Waals surface area contributed by atoms with Crippen LogP contribution < -0.4 is 4.74 Å². The molecule has 0 amide bonds. The summed E-state index contributed by atoms with van der Waals surface area (Å²) in [5.74, 6) is -5.43. The molecule has 1 nitrogen and oxygen atoms in total. The van der Waals surface area contributed by atoms with Gasteiger partial charge in [-0.15, -0.1) is 0 Å². The topological polar surface area (TPSA) is 9.23 Å². The fourth-order valence-electron chi connectivity index (χ4n) is 4.00. The van der Waals surface area contributed by atoms with Gasteiger partial charge < -0.3 is 4.74 Å². The van der Waals surface area contributed by atoms with Crippen LogP contribution in [0.15, 0.2) is 54.6 Å². The van der Waals surface area contributed by atoms with Gasteiger partial charge in [-0.05, 0) is 84.3 Å². The van der Waals surface area contributed by atoms with Crippen molar-refractivity contribution >= 4 is 10.8 Å². The highest BCUT2D eigenvalue weighted by molar-refractivity contribution is 5.86. The molecule has 0 saturated carbocycles. The van der Waals surface area contributed by atoms with Crippen LogP contribution in [0.2, 0.25) is 0 Å². The van der Waals surface area contributed by atoms with Gasteiger partial charge in [0.15, 0.2) is 0 Å². The standard InChI is InChI=1S/C29H16F10O/c1-15-2-4-17(22(30)10-15)5-3-16-11-24(32)26(25(33)12-16)29(38,39)40-19-6-7-20-18(13-19)14-23(31)21(27(20)34)8-9-28(35,36)37/h2,4,6-7,10-14H,3,5H2,1H3. The SMILES string of the molecule is Cc1ccc(CCc2cc(F)c(C(F)(F)Oc3ccc4c(F)c(C#CC(F)(F)F)c(F)cc4c3)c(F)c2)c(F)c1. The van der Waals surface area contributed by atoms with Crippen LogP contribution in [-0.4, -0.2) is 6.18 Å². The van der Waals surface area contributed by atoms with E-state index < -0.39 is 63.6 Å². The third-order valence-corrected chi connectivity index (χ3v) is 5.86. The molecule has 0 saturated heterocycles. The van der Waals surface area contributed by atoms with Gasteiger partial charge in [0.1, 0.15) is 40.4 Å². The van der Waals surface area contributed by atoms with Crippen LogP contribution in [0.25, 0.3) is 10.8 Å². The van der Waals surface area contributed by atoms with Gasteiger partial charge in [0, 0.05) is 11.3 Å². The van der Waals surface area contributed by atoms with Crippen LogP contribution in [0, 0.1) is 47.9 Å². The van der Waals surface area contributed by atoms with Gasteiger partial charge in [-0.3, -0.25) is 0 Å². The monoisotopic (exact) mass is 570 g/mol. The quantitative estimate of drug-likeness (QED) is 0.167. The Bertz CT molecular complexity index is 1640. The number of fused-ring (bicyclic) bond motifs is 1. The zero-order valence-corrected chi connectivity index (χ0v) is 20.3. The molecular weight excluding hydrogens is 554 g/mol. The Kier molecular flexibility index (Phi) is 7.74. The molecule has 0 atom stereocenters. The minimum absolute atomic E-state index is 0.0180. The number of hydrogen-bond donors (Lipinski definition) is 0. The summed E-state index contributed by atoms with van der Waals surface area (Å²) in [6.07, 6.45) is -9.61. The summed E-state index contributed by atoms with van der Waals surface area (Å²) in [5.41, 5.74) is -1.98. The van der Waals surface area contributed by atoms with E-state index >= 15 is 0 Å². The number of ether oxygens (including phenoxy) is 1. The van der Waals surface area contributed by atoms with Crippen LogP contribution in [0.1, 0.15) is 27.8 Å². The second-order valence-electron chi connectivity index (χ2n) is 8.83. The van der Waals surface area contributed by atoms with Gasteiger partial charge in [-0.1, -0.05) is 18.1 Å². The van der Waals surface area contributed by atoms with Crippen molar-refractivity contribution in [3.8, 4) is 17.6 Å². The lowest BCUT2D eigenvalue weighted by atomic mass is 10.0. The lowest BCUT2D eigenvalue weighted by Crippen LogP contribution is -2.25. The second kappa shape index (κ2) is 10.8. The lowest BCUT2D eigenvalue weighted by Gasteiger charge is -2.20. The molecule has 0 aliphatic rings. The van der Waals surface area contributed by atoms with E-state index in [1.54, 1.807) is 13.0 Å². The molecular formula is C29H16F10O. The first-order chi connectivity index (χ1) is 18.6. The van der Waals surface area contributed by atoms with Crippen molar-refractivity contribution in [3.63, 3.8) is 0 Å². The molecule has 0 spiro atoms. The number of halogens is 10. The largest absolute Gasteiger partial charge is 0.458 e. The van der Waals surface area contributed by atoms with E-state index in [1.165, 1.54) is 18.1 Å². The summed E-state index contributed by atoms with van der Waals surface area (Å²) in [6.45, 7) is 1.68. The maximum Gasteiger partial charge on any atom is 0.458 e. The van der Waals surface area contributed by atoms with Gasteiger partial charge in [0.05, 0.1) is 5.56 Å². The van der Waals surface area contributed by atoms with Gasteiger partial charge >= 0.3 is 12.3 Å². The average molecular weight is 570 g/mol. The smallest absolute Gasteiger partial charge is 0.429 e. The van der Waals surface area contributed by atoms with Crippen molar-refractivity contribution in [2.75, 3.05) is 0 Å². The van der Waals surface area contributed by atoms with Gasteiger partial charge in [0.2, 0.25) is 0 Å². The molecule has 0 bridgehead atoms. The molecule has 0 aliphatic carbocycles. The van der Waals surface area contributed by atoms with E-state index in [-0.39, 0.29) is 29.4 Å². The van der Waals surface area contributed by atoms with E-state index in [2.05, 4.69) is 4.74 Å².